The number of diazo groups is 1. The number of anilines is 1. The molecule has 1 atom stereocenters. The maximum atomic E-state index is 8.96. The third kappa shape index (κ3) is 1.66. The molecule has 4 nitrogen and oxygen atoms in total. The van der Waals surface area contributed by atoms with Crippen LogP contribution in [0, 0.1) is 5.39 Å². The van der Waals surface area contributed by atoms with Gasteiger partial charge in [-0.1, -0.05) is 0 Å². The van der Waals surface area contributed by atoms with Gasteiger partial charge >= 0.3 is 6.23 Å². The highest BCUT2D eigenvalue weighted by Gasteiger charge is 2.16. The summed E-state index contributed by atoms with van der Waals surface area (Å²) in [4.78, 5) is 2.70. The lowest BCUT2D eigenvalue weighted by Gasteiger charge is -1.93. The highest BCUT2D eigenvalue weighted by Crippen LogP contribution is 2.14. The molecule has 0 fully saturated rings. The zero-order valence-electron chi connectivity index (χ0n) is 5.81. The number of nitrogen functional groups attached to an aromatic ring is 1. The van der Waals surface area contributed by atoms with Gasteiger partial charge < -0.3 is 10.8 Å². The molecule has 3 N–H and O–H groups in total. The standard InChI is InChI=1S/C7H8N3O/c8-6-3-1-5(2-4-6)7(11)10-9/h1-4,7,11H,8H2/q+1. The van der Waals surface area contributed by atoms with Crippen LogP contribution < -0.4 is 5.73 Å². The first kappa shape index (κ1) is 7.51. The summed E-state index contributed by atoms with van der Waals surface area (Å²) in [5.41, 5.74) is 6.52. The van der Waals surface area contributed by atoms with Gasteiger partial charge in [0.25, 0.3) is 0 Å². The molecular formula is C7H8N3O+. The Kier molecular flexibility index (Phi) is 2.04. The molecule has 1 aromatic carbocycles. The Morgan fingerprint density at radius 2 is 1.91 bits per heavy atom. The summed E-state index contributed by atoms with van der Waals surface area (Å²) in [5, 5.41) is 17.2. The maximum Gasteiger partial charge on any atom is 0.443 e. The van der Waals surface area contributed by atoms with Crippen molar-refractivity contribution in [3.8, 4) is 0 Å². The molecule has 0 aliphatic rings. The van der Waals surface area contributed by atoms with E-state index in [2.05, 4.69) is 4.98 Å². The van der Waals surface area contributed by atoms with Gasteiger partial charge in [0.1, 0.15) is 0 Å². The molecule has 0 aliphatic heterocycles. The van der Waals surface area contributed by atoms with Crippen LogP contribution in [0.4, 0.5) is 5.69 Å². The number of nitrogens with two attached hydrogens (primary N) is 1. The van der Waals surface area contributed by atoms with E-state index >= 15 is 0 Å². The van der Waals surface area contributed by atoms with Gasteiger partial charge in [0.15, 0.2) is 4.98 Å². The number of rotatable bonds is 1. The van der Waals surface area contributed by atoms with Crippen molar-refractivity contribution in [3.05, 3.63) is 34.8 Å². The number of hydrogen-bond acceptors (Lipinski definition) is 3. The molecule has 56 valence electrons. The number of hydrogen-bond donors (Lipinski definition) is 2. The van der Waals surface area contributed by atoms with Crippen molar-refractivity contribution in [1.82, 2.24) is 0 Å². The van der Waals surface area contributed by atoms with E-state index in [1.165, 1.54) is 0 Å². The summed E-state index contributed by atoms with van der Waals surface area (Å²) in [5.74, 6) is 0. The number of nitrogens with zero attached hydrogens (tertiary/aromatic N) is 2. The SMILES string of the molecule is N#[N+]C(O)c1ccc(N)cc1. The Bertz CT molecular complexity index is 275. The van der Waals surface area contributed by atoms with E-state index in [1.54, 1.807) is 24.3 Å². The summed E-state index contributed by atoms with van der Waals surface area (Å²) in [6.45, 7) is 0. The monoisotopic (exact) mass is 150 g/mol. The van der Waals surface area contributed by atoms with Crippen molar-refractivity contribution in [2.75, 3.05) is 5.73 Å². The van der Waals surface area contributed by atoms with Crippen LogP contribution in [0.25, 0.3) is 4.98 Å². The second-order valence-electron chi connectivity index (χ2n) is 2.16. The highest BCUT2D eigenvalue weighted by molar-refractivity contribution is 5.40. The van der Waals surface area contributed by atoms with Gasteiger partial charge in [-0.3, -0.25) is 0 Å². The highest BCUT2D eigenvalue weighted by atomic mass is 16.3. The van der Waals surface area contributed by atoms with E-state index in [-0.39, 0.29) is 0 Å². The fraction of sp³-hybridized carbons (Fsp3) is 0.143. The topological polar surface area (TPSA) is 74.4 Å². The predicted octanol–water partition coefficient (Wildman–Crippen LogP) is 1.11. The van der Waals surface area contributed by atoms with Crippen molar-refractivity contribution >= 4 is 5.69 Å². The summed E-state index contributed by atoms with van der Waals surface area (Å²) >= 11 is 0. The summed E-state index contributed by atoms with van der Waals surface area (Å²) < 4.78 is 0. The minimum Gasteiger partial charge on any atom is -0.399 e. The van der Waals surface area contributed by atoms with Gasteiger partial charge in [0.05, 0.1) is 5.56 Å². The van der Waals surface area contributed by atoms with E-state index in [9.17, 15) is 0 Å². The normalized spacial score (nSPS) is 12.0. The average Bonchev–Trinajstić information content (AvgIpc) is 2.05. The molecule has 1 unspecified atom stereocenters. The van der Waals surface area contributed by atoms with E-state index in [4.69, 9.17) is 16.2 Å². The molecule has 4 heteroatoms. The van der Waals surface area contributed by atoms with E-state index < -0.39 is 6.23 Å². The van der Waals surface area contributed by atoms with Gasteiger partial charge in [0, 0.05) is 5.69 Å². The molecule has 0 saturated carbocycles. The fourth-order valence-electron chi connectivity index (χ4n) is 0.735. The Labute approximate surface area is 63.9 Å². The van der Waals surface area contributed by atoms with Gasteiger partial charge in [-0.05, 0) is 24.3 Å². The summed E-state index contributed by atoms with van der Waals surface area (Å²) in [6, 6.07) is 6.45. The minimum absolute atomic E-state index is 0.515. The first-order valence-electron chi connectivity index (χ1n) is 3.12. The van der Waals surface area contributed by atoms with Gasteiger partial charge in [-0.15, -0.1) is 0 Å². The smallest absolute Gasteiger partial charge is 0.399 e. The van der Waals surface area contributed by atoms with E-state index in [0.29, 0.717) is 11.3 Å². The van der Waals surface area contributed by atoms with Crippen LogP contribution >= 0.6 is 0 Å². The number of aliphatic hydroxyl groups excluding tert-OH is 1. The van der Waals surface area contributed by atoms with Crippen LogP contribution in [-0.2, 0) is 0 Å². The molecule has 0 aliphatic carbocycles. The molecule has 0 amide bonds. The average molecular weight is 150 g/mol. The lowest BCUT2D eigenvalue weighted by atomic mass is 10.2. The quantitative estimate of drug-likeness (QED) is 0.465. The van der Waals surface area contributed by atoms with E-state index in [1.807, 2.05) is 0 Å². The fourth-order valence-corrected chi connectivity index (χ4v) is 0.735. The lowest BCUT2D eigenvalue weighted by Crippen LogP contribution is -1.91. The van der Waals surface area contributed by atoms with Crippen molar-refractivity contribution in [2.45, 2.75) is 6.23 Å². The van der Waals surface area contributed by atoms with Crippen LogP contribution in [0.3, 0.4) is 0 Å². The molecule has 0 bridgehead atoms. The van der Waals surface area contributed by atoms with Crippen LogP contribution in [0.2, 0.25) is 0 Å². The molecule has 0 spiro atoms. The molecule has 0 radical (unpaired) electrons. The second-order valence-corrected chi connectivity index (χ2v) is 2.16. The third-order valence-corrected chi connectivity index (χ3v) is 1.34. The molecule has 1 aromatic rings. The lowest BCUT2D eigenvalue weighted by molar-refractivity contribution is 0.223. The Balaban J connectivity index is 2.92. The molecule has 0 saturated heterocycles. The third-order valence-electron chi connectivity index (χ3n) is 1.34. The molecule has 11 heavy (non-hydrogen) atoms. The maximum absolute atomic E-state index is 8.96. The minimum atomic E-state index is -1.17. The second kappa shape index (κ2) is 2.99. The number of aliphatic hydroxyl groups is 1. The van der Waals surface area contributed by atoms with Crippen molar-refractivity contribution in [3.63, 3.8) is 0 Å². The zero-order valence-corrected chi connectivity index (χ0v) is 5.81. The van der Waals surface area contributed by atoms with Crippen LogP contribution in [0.5, 0.6) is 0 Å². The van der Waals surface area contributed by atoms with Crippen molar-refractivity contribution < 1.29 is 5.11 Å². The van der Waals surface area contributed by atoms with E-state index in [0.717, 1.165) is 0 Å². The van der Waals surface area contributed by atoms with Gasteiger partial charge in [-0.25, -0.2) is 0 Å². The first-order chi connectivity index (χ1) is 5.24. The molecule has 0 aromatic heterocycles. The predicted molar refractivity (Wildman–Crippen MR) is 40.9 cm³/mol. The van der Waals surface area contributed by atoms with Crippen molar-refractivity contribution in [1.29, 1.82) is 5.39 Å². The Morgan fingerprint density at radius 1 is 1.36 bits per heavy atom. The molecule has 1 rings (SSSR count). The summed E-state index contributed by atoms with van der Waals surface area (Å²) in [6.07, 6.45) is -1.17. The van der Waals surface area contributed by atoms with Gasteiger partial charge in [-0.2, -0.15) is 0 Å². The van der Waals surface area contributed by atoms with Gasteiger partial charge in [0.2, 0.25) is 5.39 Å². The van der Waals surface area contributed by atoms with Crippen LogP contribution in [0.1, 0.15) is 11.8 Å². The molecular weight excluding hydrogens is 142 g/mol. The van der Waals surface area contributed by atoms with Crippen LogP contribution in [-0.4, -0.2) is 5.11 Å². The number of benzene rings is 1. The Morgan fingerprint density at radius 3 is 2.36 bits per heavy atom. The van der Waals surface area contributed by atoms with Crippen molar-refractivity contribution in [2.24, 2.45) is 0 Å². The van der Waals surface area contributed by atoms with Crippen LogP contribution in [0.15, 0.2) is 24.3 Å². The largest absolute Gasteiger partial charge is 0.443 e. The summed E-state index contributed by atoms with van der Waals surface area (Å²) in [7, 11) is 0. The zero-order chi connectivity index (χ0) is 8.27. The first-order valence-corrected chi connectivity index (χ1v) is 3.12. The Hall–Kier alpha value is -1.60. The molecule has 0 heterocycles.